The lowest BCUT2D eigenvalue weighted by Gasteiger charge is -2.31. The molecule has 0 heterocycles. The van der Waals surface area contributed by atoms with Gasteiger partial charge in [0.05, 0.1) is 22.1 Å². The minimum Gasteiger partial charge on any atom is -0.385 e. The van der Waals surface area contributed by atoms with E-state index in [2.05, 4.69) is 0 Å². The Balaban J connectivity index is 2.07. The Morgan fingerprint density at radius 2 is 1.71 bits per heavy atom. The summed E-state index contributed by atoms with van der Waals surface area (Å²) in [5.41, 5.74) is 0.371. The normalized spacial score (nSPS) is 24.7. The number of benzene rings is 2. The molecular formula is C22H17F3N2O3S. The van der Waals surface area contributed by atoms with Crippen molar-refractivity contribution in [2.75, 3.05) is 6.26 Å². The maximum Gasteiger partial charge on any atom is 0.177 e. The predicted molar refractivity (Wildman–Crippen MR) is 104 cm³/mol. The number of hydrogen-bond donors (Lipinski definition) is 1. The summed E-state index contributed by atoms with van der Waals surface area (Å²) in [6.45, 7) is 0. The van der Waals surface area contributed by atoms with E-state index in [0.717, 1.165) is 18.4 Å². The van der Waals surface area contributed by atoms with Gasteiger partial charge in [-0.2, -0.15) is 10.5 Å². The van der Waals surface area contributed by atoms with Gasteiger partial charge in [0.2, 0.25) is 0 Å². The minimum absolute atomic E-state index is 0.0120. The molecule has 0 spiro atoms. The van der Waals surface area contributed by atoms with Crippen molar-refractivity contribution in [1.82, 2.24) is 0 Å². The molecule has 0 saturated heterocycles. The molecule has 1 unspecified atom stereocenters. The molecule has 0 aromatic heterocycles. The second-order valence-corrected chi connectivity index (χ2v) is 9.90. The third kappa shape index (κ3) is 3.29. The van der Waals surface area contributed by atoms with Crippen molar-refractivity contribution >= 4 is 9.84 Å². The van der Waals surface area contributed by atoms with E-state index < -0.39 is 44.9 Å². The average Bonchev–Trinajstić information content (AvgIpc) is 3.00. The Morgan fingerprint density at radius 3 is 2.32 bits per heavy atom. The molecule has 0 bridgehead atoms. The monoisotopic (exact) mass is 446 g/mol. The van der Waals surface area contributed by atoms with Crippen LogP contribution in [0.3, 0.4) is 0 Å². The Labute approximate surface area is 177 Å². The SMILES string of the molecule is CS(=O)(=O)c1c(C#N)cc(C2CC[C@H](F)c3cc(F)cc(C#N)c32)c2c1[C@H](O)[C@H](F)C2. The summed E-state index contributed by atoms with van der Waals surface area (Å²) in [6, 6.07) is 7.01. The van der Waals surface area contributed by atoms with Crippen LogP contribution >= 0.6 is 0 Å². The van der Waals surface area contributed by atoms with E-state index in [9.17, 15) is 37.2 Å². The van der Waals surface area contributed by atoms with Crippen LogP contribution in [-0.4, -0.2) is 26.0 Å². The highest BCUT2D eigenvalue weighted by Crippen LogP contribution is 2.50. The van der Waals surface area contributed by atoms with Crippen LogP contribution < -0.4 is 0 Å². The molecule has 0 amide bonds. The molecule has 4 atom stereocenters. The van der Waals surface area contributed by atoms with Gasteiger partial charge in [-0.05, 0) is 53.3 Å². The van der Waals surface area contributed by atoms with Gasteiger partial charge >= 0.3 is 0 Å². The number of sulfone groups is 1. The van der Waals surface area contributed by atoms with Crippen LogP contribution in [0.15, 0.2) is 23.1 Å². The van der Waals surface area contributed by atoms with Gasteiger partial charge in [0.25, 0.3) is 0 Å². The van der Waals surface area contributed by atoms with Crippen molar-refractivity contribution < 1.29 is 26.7 Å². The van der Waals surface area contributed by atoms with E-state index >= 15 is 0 Å². The number of rotatable bonds is 2. The number of aliphatic hydroxyl groups excluding tert-OH is 1. The zero-order chi connectivity index (χ0) is 22.7. The molecule has 4 rings (SSSR count). The average molecular weight is 446 g/mol. The Kier molecular flexibility index (Phi) is 5.07. The lowest BCUT2D eigenvalue weighted by Crippen LogP contribution is -2.18. The smallest absolute Gasteiger partial charge is 0.177 e. The third-order valence-corrected chi connectivity index (χ3v) is 7.24. The zero-order valence-electron chi connectivity index (χ0n) is 16.4. The number of fused-ring (bicyclic) bond motifs is 2. The van der Waals surface area contributed by atoms with E-state index in [1.54, 1.807) is 6.07 Å². The maximum atomic E-state index is 14.6. The van der Waals surface area contributed by atoms with Crippen LogP contribution in [0.2, 0.25) is 0 Å². The molecule has 5 nitrogen and oxygen atoms in total. The van der Waals surface area contributed by atoms with Crippen molar-refractivity contribution in [3.63, 3.8) is 0 Å². The number of halogens is 3. The van der Waals surface area contributed by atoms with E-state index in [1.165, 1.54) is 6.07 Å². The molecule has 9 heteroatoms. The second kappa shape index (κ2) is 7.37. The number of nitrogens with zero attached hydrogens (tertiary/aromatic N) is 2. The third-order valence-electron chi connectivity index (χ3n) is 6.06. The first-order valence-electron chi connectivity index (χ1n) is 9.57. The number of nitriles is 2. The Morgan fingerprint density at radius 1 is 1.03 bits per heavy atom. The van der Waals surface area contributed by atoms with Crippen LogP contribution in [0.25, 0.3) is 0 Å². The molecule has 2 aliphatic rings. The van der Waals surface area contributed by atoms with E-state index in [-0.39, 0.29) is 52.6 Å². The van der Waals surface area contributed by atoms with Gasteiger partial charge < -0.3 is 5.11 Å². The van der Waals surface area contributed by atoms with Gasteiger partial charge in [-0.15, -0.1) is 0 Å². The molecule has 31 heavy (non-hydrogen) atoms. The molecule has 1 N–H and O–H groups in total. The zero-order valence-corrected chi connectivity index (χ0v) is 17.2. The molecule has 2 aromatic rings. The highest BCUT2D eigenvalue weighted by atomic mass is 32.2. The highest BCUT2D eigenvalue weighted by molar-refractivity contribution is 7.90. The van der Waals surface area contributed by atoms with Crippen LogP contribution in [0.5, 0.6) is 0 Å². The molecule has 2 aliphatic carbocycles. The highest BCUT2D eigenvalue weighted by Gasteiger charge is 2.42. The predicted octanol–water partition coefficient (Wildman–Crippen LogP) is 3.84. The first kappa shape index (κ1) is 21.4. The van der Waals surface area contributed by atoms with Crippen LogP contribution in [0.1, 0.15) is 70.0 Å². The standard InChI is InChI=1S/C22H17F3N2O3S/c1-31(29,30)22-11(9-27)5-14(15-7-18(25)21(28)20(15)22)13-2-3-17(24)16-6-12(23)4-10(8-26)19(13)16/h4-6,13,17-18,21,28H,2-3,7H2,1H3/t13?,17-,18+,21+/m0/s1. The van der Waals surface area contributed by atoms with Crippen molar-refractivity contribution in [3.8, 4) is 12.1 Å². The Hall–Kier alpha value is -2.88. The quantitative estimate of drug-likeness (QED) is 0.755. The van der Waals surface area contributed by atoms with Crippen molar-refractivity contribution in [2.45, 2.75) is 48.5 Å². The van der Waals surface area contributed by atoms with Gasteiger partial charge in [0, 0.05) is 24.2 Å². The van der Waals surface area contributed by atoms with Crippen molar-refractivity contribution in [1.29, 1.82) is 10.5 Å². The topological polar surface area (TPSA) is 102 Å². The molecule has 0 aliphatic heterocycles. The van der Waals surface area contributed by atoms with Gasteiger partial charge in [0.15, 0.2) is 9.84 Å². The van der Waals surface area contributed by atoms with Crippen LogP contribution in [0, 0.1) is 28.5 Å². The number of alkyl halides is 2. The van der Waals surface area contributed by atoms with Gasteiger partial charge in [-0.3, -0.25) is 0 Å². The fraction of sp³-hybridized carbons (Fsp3) is 0.364. The molecule has 0 saturated carbocycles. The summed E-state index contributed by atoms with van der Waals surface area (Å²) in [4.78, 5) is -0.416. The molecule has 0 radical (unpaired) electrons. The van der Waals surface area contributed by atoms with E-state index in [0.29, 0.717) is 5.56 Å². The number of aliphatic hydroxyl groups is 1. The summed E-state index contributed by atoms with van der Waals surface area (Å²) >= 11 is 0. The molecular weight excluding hydrogens is 429 g/mol. The second-order valence-electron chi connectivity index (χ2n) is 7.95. The number of hydrogen-bond acceptors (Lipinski definition) is 5. The fourth-order valence-corrected chi connectivity index (χ4v) is 6.02. The maximum absolute atomic E-state index is 14.6. The van der Waals surface area contributed by atoms with Gasteiger partial charge in [-0.1, -0.05) is 0 Å². The van der Waals surface area contributed by atoms with E-state index in [4.69, 9.17) is 0 Å². The van der Waals surface area contributed by atoms with Gasteiger partial charge in [0.1, 0.15) is 30.3 Å². The van der Waals surface area contributed by atoms with E-state index in [1.807, 2.05) is 6.07 Å². The van der Waals surface area contributed by atoms with Gasteiger partial charge in [-0.25, -0.2) is 21.6 Å². The first-order chi connectivity index (χ1) is 14.6. The molecule has 0 fully saturated rings. The summed E-state index contributed by atoms with van der Waals surface area (Å²) in [7, 11) is -3.97. The summed E-state index contributed by atoms with van der Waals surface area (Å²) in [5.74, 6) is -1.43. The molecule has 160 valence electrons. The fourth-order valence-electron chi connectivity index (χ4n) is 4.87. The first-order valence-corrected chi connectivity index (χ1v) is 11.5. The van der Waals surface area contributed by atoms with Crippen LogP contribution in [-0.2, 0) is 16.3 Å². The van der Waals surface area contributed by atoms with Crippen molar-refractivity contribution in [2.24, 2.45) is 0 Å². The minimum atomic E-state index is -3.97. The summed E-state index contributed by atoms with van der Waals surface area (Å²) < 4.78 is 67.8. The lowest BCUT2D eigenvalue weighted by atomic mass is 9.74. The summed E-state index contributed by atoms with van der Waals surface area (Å²) in [6.07, 6.45) is -4.20. The largest absolute Gasteiger partial charge is 0.385 e. The van der Waals surface area contributed by atoms with Crippen molar-refractivity contribution in [3.05, 3.63) is 63.0 Å². The molecule has 2 aromatic carbocycles. The lowest BCUT2D eigenvalue weighted by molar-refractivity contribution is 0.0907. The Bertz CT molecular complexity index is 1290. The van der Waals surface area contributed by atoms with Crippen LogP contribution in [0.4, 0.5) is 13.2 Å². The summed E-state index contributed by atoms with van der Waals surface area (Å²) in [5, 5.41) is 29.5.